The first-order chi connectivity index (χ1) is 8.17. The quantitative estimate of drug-likeness (QED) is 0.810. The SMILES string of the molecule is COc1ccc(Cl)cc1CCNC(=O)CCO. The van der Waals surface area contributed by atoms with E-state index < -0.39 is 0 Å². The number of benzene rings is 1. The lowest BCUT2D eigenvalue weighted by molar-refractivity contribution is -0.121. The van der Waals surface area contributed by atoms with Gasteiger partial charge in [-0.15, -0.1) is 0 Å². The van der Waals surface area contributed by atoms with Crippen molar-refractivity contribution in [1.82, 2.24) is 5.32 Å². The monoisotopic (exact) mass is 257 g/mol. The molecule has 4 nitrogen and oxygen atoms in total. The van der Waals surface area contributed by atoms with Crippen molar-refractivity contribution >= 4 is 17.5 Å². The van der Waals surface area contributed by atoms with E-state index in [1.165, 1.54) is 0 Å². The van der Waals surface area contributed by atoms with Crippen LogP contribution in [-0.2, 0) is 11.2 Å². The van der Waals surface area contributed by atoms with Gasteiger partial charge in [0, 0.05) is 18.0 Å². The minimum Gasteiger partial charge on any atom is -0.496 e. The normalized spacial score (nSPS) is 10.1. The van der Waals surface area contributed by atoms with Crippen LogP contribution in [0.1, 0.15) is 12.0 Å². The number of hydrogen-bond donors (Lipinski definition) is 2. The Morgan fingerprint density at radius 1 is 1.53 bits per heavy atom. The first-order valence-corrected chi connectivity index (χ1v) is 5.75. The lowest BCUT2D eigenvalue weighted by atomic mass is 10.1. The Labute approximate surface area is 106 Å². The molecule has 0 aliphatic rings. The third kappa shape index (κ3) is 4.63. The van der Waals surface area contributed by atoms with Crippen molar-refractivity contribution < 1.29 is 14.6 Å². The second-order valence-electron chi connectivity index (χ2n) is 3.53. The lowest BCUT2D eigenvalue weighted by Crippen LogP contribution is -2.26. The minimum absolute atomic E-state index is 0.132. The Morgan fingerprint density at radius 2 is 2.29 bits per heavy atom. The van der Waals surface area contributed by atoms with Crippen molar-refractivity contribution in [2.75, 3.05) is 20.3 Å². The van der Waals surface area contributed by atoms with Crippen LogP contribution < -0.4 is 10.1 Å². The molecule has 0 bridgehead atoms. The predicted octanol–water partition coefficient (Wildman–Crippen LogP) is 1.39. The fourth-order valence-corrected chi connectivity index (χ4v) is 1.66. The summed E-state index contributed by atoms with van der Waals surface area (Å²) in [6.07, 6.45) is 0.771. The van der Waals surface area contributed by atoms with Crippen LogP contribution in [0.5, 0.6) is 5.75 Å². The van der Waals surface area contributed by atoms with E-state index in [0.29, 0.717) is 18.0 Å². The molecular formula is C12H16ClNO3. The van der Waals surface area contributed by atoms with Gasteiger partial charge >= 0.3 is 0 Å². The zero-order valence-corrected chi connectivity index (χ0v) is 10.5. The molecule has 0 spiro atoms. The smallest absolute Gasteiger partial charge is 0.222 e. The molecule has 1 rings (SSSR count). The maximum Gasteiger partial charge on any atom is 0.222 e. The van der Waals surface area contributed by atoms with Gasteiger partial charge in [-0.05, 0) is 30.2 Å². The molecule has 1 amide bonds. The Morgan fingerprint density at radius 3 is 2.94 bits per heavy atom. The van der Waals surface area contributed by atoms with Crippen LogP contribution in [0.15, 0.2) is 18.2 Å². The highest BCUT2D eigenvalue weighted by atomic mass is 35.5. The average molecular weight is 258 g/mol. The molecule has 2 N–H and O–H groups in total. The summed E-state index contributed by atoms with van der Waals surface area (Å²) in [5.41, 5.74) is 0.948. The van der Waals surface area contributed by atoms with Crippen molar-refractivity contribution in [2.45, 2.75) is 12.8 Å². The topological polar surface area (TPSA) is 58.6 Å². The van der Waals surface area contributed by atoms with E-state index in [2.05, 4.69) is 5.32 Å². The number of amides is 1. The van der Waals surface area contributed by atoms with E-state index >= 15 is 0 Å². The van der Waals surface area contributed by atoms with Gasteiger partial charge in [-0.3, -0.25) is 4.79 Å². The Bertz CT molecular complexity index is 382. The van der Waals surface area contributed by atoms with Crippen LogP contribution in [0.25, 0.3) is 0 Å². The molecule has 0 radical (unpaired) electrons. The van der Waals surface area contributed by atoms with E-state index in [1.54, 1.807) is 19.2 Å². The summed E-state index contributed by atoms with van der Waals surface area (Å²) < 4.78 is 5.19. The van der Waals surface area contributed by atoms with Gasteiger partial charge in [0.25, 0.3) is 0 Å². The number of halogens is 1. The third-order valence-corrected chi connectivity index (χ3v) is 2.53. The van der Waals surface area contributed by atoms with Gasteiger partial charge in [-0.1, -0.05) is 11.6 Å². The number of nitrogens with one attached hydrogen (secondary N) is 1. The number of ether oxygens (including phenoxy) is 1. The van der Waals surface area contributed by atoms with Gasteiger partial charge in [-0.25, -0.2) is 0 Å². The molecule has 0 saturated carbocycles. The van der Waals surface area contributed by atoms with Crippen molar-refractivity contribution in [3.05, 3.63) is 28.8 Å². The molecule has 94 valence electrons. The number of rotatable bonds is 6. The first kappa shape index (κ1) is 13.8. The molecule has 0 aliphatic carbocycles. The number of aliphatic hydroxyl groups excluding tert-OH is 1. The summed E-state index contributed by atoms with van der Waals surface area (Å²) in [4.78, 5) is 11.1. The van der Waals surface area contributed by atoms with Gasteiger partial charge in [0.1, 0.15) is 5.75 Å². The van der Waals surface area contributed by atoms with E-state index in [1.807, 2.05) is 6.07 Å². The largest absolute Gasteiger partial charge is 0.496 e. The highest BCUT2D eigenvalue weighted by Crippen LogP contribution is 2.22. The fourth-order valence-electron chi connectivity index (χ4n) is 1.47. The molecule has 0 atom stereocenters. The lowest BCUT2D eigenvalue weighted by Gasteiger charge is -2.09. The minimum atomic E-state index is -0.159. The fraction of sp³-hybridized carbons (Fsp3) is 0.417. The summed E-state index contributed by atoms with van der Waals surface area (Å²) >= 11 is 5.89. The van der Waals surface area contributed by atoms with Gasteiger partial charge in [0.15, 0.2) is 0 Å². The standard InChI is InChI=1S/C12H16ClNO3/c1-17-11-3-2-10(13)8-9(11)4-6-14-12(16)5-7-15/h2-3,8,15H,4-7H2,1H3,(H,14,16). The predicted molar refractivity (Wildman–Crippen MR) is 66.4 cm³/mol. The molecule has 1 aromatic carbocycles. The number of aliphatic hydroxyl groups is 1. The zero-order valence-electron chi connectivity index (χ0n) is 9.70. The summed E-state index contributed by atoms with van der Waals surface area (Å²) in [5.74, 6) is 0.597. The second kappa shape index (κ2) is 7.14. The van der Waals surface area contributed by atoms with Gasteiger partial charge < -0.3 is 15.2 Å². The van der Waals surface area contributed by atoms with Gasteiger partial charge in [0.2, 0.25) is 5.91 Å². The van der Waals surface area contributed by atoms with Crippen LogP contribution in [0.3, 0.4) is 0 Å². The number of hydrogen-bond acceptors (Lipinski definition) is 3. The molecule has 0 unspecified atom stereocenters. The Hall–Kier alpha value is -1.26. The molecular weight excluding hydrogens is 242 g/mol. The maximum atomic E-state index is 11.1. The molecule has 1 aromatic rings. The van der Waals surface area contributed by atoms with Crippen molar-refractivity contribution in [3.8, 4) is 5.75 Å². The van der Waals surface area contributed by atoms with Crippen molar-refractivity contribution in [1.29, 1.82) is 0 Å². The average Bonchev–Trinajstić information content (AvgIpc) is 2.30. The van der Waals surface area contributed by atoms with Crippen LogP contribution in [0.2, 0.25) is 5.02 Å². The number of carbonyl (C=O) groups is 1. The van der Waals surface area contributed by atoms with Gasteiger partial charge in [0.05, 0.1) is 13.7 Å². The van der Waals surface area contributed by atoms with Crippen LogP contribution in [0, 0.1) is 0 Å². The molecule has 5 heteroatoms. The summed E-state index contributed by atoms with van der Waals surface area (Å²) in [5, 5.41) is 11.9. The molecule has 0 fully saturated rings. The summed E-state index contributed by atoms with van der Waals surface area (Å²) in [6.45, 7) is 0.363. The molecule has 17 heavy (non-hydrogen) atoms. The third-order valence-electron chi connectivity index (χ3n) is 2.30. The molecule has 0 aliphatic heterocycles. The molecule has 0 aromatic heterocycles. The van der Waals surface area contributed by atoms with Crippen molar-refractivity contribution in [2.24, 2.45) is 0 Å². The summed E-state index contributed by atoms with van der Waals surface area (Å²) in [7, 11) is 1.59. The van der Waals surface area contributed by atoms with Crippen LogP contribution in [-0.4, -0.2) is 31.3 Å². The Kier molecular flexibility index (Phi) is 5.80. The molecule has 0 heterocycles. The van der Waals surface area contributed by atoms with E-state index in [9.17, 15) is 4.79 Å². The van der Waals surface area contributed by atoms with E-state index in [4.69, 9.17) is 21.4 Å². The first-order valence-electron chi connectivity index (χ1n) is 5.37. The number of methoxy groups -OCH3 is 1. The number of carbonyl (C=O) groups excluding carboxylic acids is 1. The highest BCUT2D eigenvalue weighted by molar-refractivity contribution is 6.30. The van der Waals surface area contributed by atoms with Gasteiger partial charge in [-0.2, -0.15) is 0 Å². The van der Waals surface area contributed by atoms with E-state index in [0.717, 1.165) is 11.3 Å². The van der Waals surface area contributed by atoms with Crippen LogP contribution in [0.4, 0.5) is 0 Å². The Balaban J connectivity index is 2.50. The zero-order chi connectivity index (χ0) is 12.7. The van der Waals surface area contributed by atoms with E-state index in [-0.39, 0.29) is 18.9 Å². The van der Waals surface area contributed by atoms with Crippen LogP contribution >= 0.6 is 11.6 Å². The molecule has 0 saturated heterocycles. The van der Waals surface area contributed by atoms with Crippen molar-refractivity contribution in [3.63, 3.8) is 0 Å². The second-order valence-corrected chi connectivity index (χ2v) is 3.97. The summed E-state index contributed by atoms with van der Waals surface area (Å²) in [6, 6.07) is 5.38. The maximum absolute atomic E-state index is 11.1. The highest BCUT2D eigenvalue weighted by Gasteiger charge is 2.05.